The molecule has 0 aliphatic rings. The van der Waals surface area contributed by atoms with E-state index < -0.39 is 0 Å². The van der Waals surface area contributed by atoms with Crippen LogP contribution in [0.5, 0.6) is 0 Å². The van der Waals surface area contributed by atoms with Gasteiger partial charge < -0.3 is 5.32 Å². The Labute approximate surface area is 86.5 Å². The predicted molar refractivity (Wildman–Crippen MR) is 61.1 cm³/mol. The topological polar surface area (TPSA) is 12.0 Å². The number of rotatable bonds is 4. The summed E-state index contributed by atoms with van der Waals surface area (Å²) in [5.74, 6) is 2.62. The molecule has 0 saturated carbocycles. The Morgan fingerprint density at radius 3 is 2.36 bits per heavy atom. The van der Waals surface area contributed by atoms with Crippen molar-refractivity contribution in [3.63, 3.8) is 0 Å². The van der Waals surface area contributed by atoms with Crippen molar-refractivity contribution in [1.82, 2.24) is 5.32 Å². The molecule has 0 amide bonds. The van der Waals surface area contributed by atoms with Gasteiger partial charge in [-0.2, -0.15) is 0 Å². The van der Waals surface area contributed by atoms with Gasteiger partial charge in [-0.05, 0) is 30.7 Å². The van der Waals surface area contributed by atoms with Crippen LogP contribution in [-0.4, -0.2) is 6.54 Å². The highest BCUT2D eigenvalue weighted by Crippen LogP contribution is 2.16. The lowest BCUT2D eigenvalue weighted by Crippen LogP contribution is -2.19. The summed E-state index contributed by atoms with van der Waals surface area (Å²) in [4.78, 5) is 0. The van der Waals surface area contributed by atoms with E-state index in [0.717, 1.165) is 18.5 Å². The van der Waals surface area contributed by atoms with Crippen molar-refractivity contribution in [3.05, 3.63) is 35.4 Å². The SMILES string of the molecule is C#Cc1ccc(C(CC)NCC)cc1. The molecule has 0 aliphatic heterocycles. The van der Waals surface area contributed by atoms with Crippen LogP contribution in [0.2, 0.25) is 0 Å². The summed E-state index contributed by atoms with van der Waals surface area (Å²) >= 11 is 0. The molecule has 0 heterocycles. The monoisotopic (exact) mass is 187 g/mol. The number of hydrogen-bond acceptors (Lipinski definition) is 1. The van der Waals surface area contributed by atoms with Crippen molar-refractivity contribution in [2.24, 2.45) is 0 Å². The minimum Gasteiger partial charge on any atom is -0.310 e. The van der Waals surface area contributed by atoms with Gasteiger partial charge in [-0.1, -0.05) is 31.9 Å². The largest absolute Gasteiger partial charge is 0.310 e. The summed E-state index contributed by atoms with van der Waals surface area (Å²) in [6.45, 7) is 5.30. The summed E-state index contributed by atoms with van der Waals surface area (Å²) in [5.41, 5.74) is 2.26. The third-order valence-electron chi connectivity index (χ3n) is 2.34. The Morgan fingerprint density at radius 1 is 1.29 bits per heavy atom. The first-order valence-electron chi connectivity index (χ1n) is 5.11. The Bertz CT molecular complexity index is 305. The van der Waals surface area contributed by atoms with Crippen LogP contribution in [0.1, 0.15) is 37.4 Å². The van der Waals surface area contributed by atoms with Crippen LogP contribution in [0.15, 0.2) is 24.3 Å². The third-order valence-corrected chi connectivity index (χ3v) is 2.34. The van der Waals surface area contributed by atoms with Crippen molar-refractivity contribution < 1.29 is 0 Å². The van der Waals surface area contributed by atoms with Crippen LogP contribution >= 0.6 is 0 Å². The lowest BCUT2D eigenvalue weighted by Gasteiger charge is -2.15. The minimum atomic E-state index is 0.451. The summed E-state index contributed by atoms with van der Waals surface area (Å²) in [6, 6.07) is 8.65. The van der Waals surface area contributed by atoms with Crippen molar-refractivity contribution in [3.8, 4) is 12.3 Å². The van der Waals surface area contributed by atoms with Gasteiger partial charge in [0.1, 0.15) is 0 Å². The fourth-order valence-corrected chi connectivity index (χ4v) is 1.56. The maximum atomic E-state index is 5.30. The molecule has 74 valence electrons. The van der Waals surface area contributed by atoms with Gasteiger partial charge in [0, 0.05) is 11.6 Å². The Balaban J connectivity index is 2.79. The molecular weight excluding hydrogens is 170 g/mol. The van der Waals surface area contributed by atoms with Gasteiger partial charge in [0.25, 0.3) is 0 Å². The van der Waals surface area contributed by atoms with Crippen LogP contribution in [0.3, 0.4) is 0 Å². The van der Waals surface area contributed by atoms with E-state index in [1.54, 1.807) is 0 Å². The van der Waals surface area contributed by atoms with E-state index in [0.29, 0.717) is 6.04 Å². The van der Waals surface area contributed by atoms with Gasteiger partial charge in [-0.25, -0.2) is 0 Å². The zero-order valence-corrected chi connectivity index (χ0v) is 8.88. The van der Waals surface area contributed by atoms with E-state index in [-0.39, 0.29) is 0 Å². The van der Waals surface area contributed by atoms with E-state index >= 15 is 0 Å². The smallest absolute Gasteiger partial charge is 0.0317 e. The molecule has 0 radical (unpaired) electrons. The van der Waals surface area contributed by atoms with Gasteiger partial charge in [0.2, 0.25) is 0 Å². The second-order valence-corrected chi connectivity index (χ2v) is 3.28. The van der Waals surface area contributed by atoms with E-state index in [9.17, 15) is 0 Å². The number of nitrogens with one attached hydrogen (secondary N) is 1. The van der Waals surface area contributed by atoms with Crippen LogP contribution < -0.4 is 5.32 Å². The number of benzene rings is 1. The first kappa shape index (κ1) is 10.8. The molecule has 0 saturated heterocycles. The Hall–Kier alpha value is -1.26. The Morgan fingerprint density at radius 2 is 1.93 bits per heavy atom. The summed E-state index contributed by atoms with van der Waals surface area (Å²) < 4.78 is 0. The van der Waals surface area contributed by atoms with Gasteiger partial charge in [0.05, 0.1) is 0 Å². The molecule has 0 aromatic heterocycles. The molecule has 0 bridgehead atoms. The first-order valence-corrected chi connectivity index (χ1v) is 5.11. The van der Waals surface area contributed by atoms with E-state index in [2.05, 4.69) is 37.2 Å². The highest BCUT2D eigenvalue weighted by Gasteiger charge is 2.06. The molecule has 0 fully saturated rings. The molecule has 1 heteroatoms. The van der Waals surface area contributed by atoms with E-state index in [4.69, 9.17) is 6.42 Å². The van der Waals surface area contributed by atoms with Gasteiger partial charge in [-0.3, -0.25) is 0 Å². The highest BCUT2D eigenvalue weighted by molar-refractivity contribution is 5.35. The zero-order chi connectivity index (χ0) is 10.4. The fourth-order valence-electron chi connectivity index (χ4n) is 1.56. The van der Waals surface area contributed by atoms with Crippen LogP contribution in [0, 0.1) is 12.3 Å². The standard InChI is InChI=1S/C13H17N/c1-4-11-7-9-12(10-8-11)13(5-2)14-6-3/h1,7-10,13-14H,5-6H2,2-3H3. The maximum Gasteiger partial charge on any atom is 0.0317 e. The molecule has 1 unspecified atom stereocenters. The summed E-state index contributed by atoms with van der Waals surface area (Å²) in [5, 5.41) is 3.43. The predicted octanol–water partition coefficient (Wildman–Crippen LogP) is 2.73. The minimum absolute atomic E-state index is 0.451. The normalized spacial score (nSPS) is 12.1. The van der Waals surface area contributed by atoms with Crippen molar-refractivity contribution in [1.29, 1.82) is 0 Å². The Kier molecular flexibility index (Phi) is 4.22. The summed E-state index contributed by atoms with van der Waals surface area (Å²) in [7, 11) is 0. The highest BCUT2D eigenvalue weighted by atomic mass is 14.9. The number of hydrogen-bond donors (Lipinski definition) is 1. The van der Waals surface area contributed by atoms with Crippen LogP contribution in [-0.2, 0) is 0 Å². The quantitative estimate of drug-likeness (QED) is 0.715. The molecule has 14 heavy (non-hydrogen) atoms. The fraction of sp³-hybridized carbons (Fsp3) is 0.385. The van der Waals surface area contributed by atoms with Crippen molar-refractivity contribution in [2.75, 3.05) is 6.54 Å². The molecule has 1 rings (SSSR count). The third kappa shape index (κ3) is 2.61. The van der Waals surface area contributed by atoms with E-state index in [1.807, 2.05) is 12.1 Å². The molecule has 1 nitrogen and oxygen atoms in total. The average molecular weight is 187 g/mol. The van der Waals surface area contributed by atoms with Gasteiger partial charge in [0.15, 0.2) is 0 Å². The first-order chi connectivity index (χ1) is 6.81. The van der Waals surface area contributed by atoms with Crippen LogP contribution in [0.25, 0.3) is 0 Å². The molecule has 0 aliphatic carbocycles. The number of terminal acetylenes is 1. The average Bonchev–Trinajstić information content (AvgIpc) is 2.26. The van der Waals surface area contributed by atoms with Crippen molar-refractivity contribution >= 4 is 0 Å². The molecule has 1 N–H and O–H groups in total. The second-order valence-electron chi connectivity index (χ2n) is 3.28. The molecule has 1 aromatic rings. The molecule has 0 spiro atoms. The van der Waals surface area contributed by atoms with Crippen molar-refractivity contribution in [2.45, 2.75) is 26.3 Å². The maximum absolute atomic E-state index is 5.30. The summed E-state index contributed by atoms with van der Waals surface area (Å²) in [6.07, 6.45) is 6.40. The van der Waals surface area contributed by atoms with Gasteiger partial charge >= 0.3 is 0 Å². The van der Waals surface area contributed by atoms with Gasteiger partial charge in [-0.15, -0.1) is 6.42 Å². The molecule has 1 aromatic carbocycles. The lowest BCUT2D eigenvalue weighted by atomic mass is 10.0. The second kappa shape index (κ2) is 5.47. The lowest BCUT2D eigenvalue weighted by molar-refractivity contribution is 0.537. The molecule has 1 atom stereocenters. The van der Waals surface area contributed by atoms with Crippen LogP contribution in [0.4, 0.5) is 0 Å². The molecular formula is C13H17N. The zero-order valence-electron chi connectivity index (χ0n) is 8.88. The van der Waals surface area contributed by atoms with E-state index in [1.165, 1.54) is 5.56 Å².